The van der Waals surface area contributed by atoms with Gasteiger partial charge in [-0.25, -0.2) is 8.42 Å². The quantitative estimate of drug-likeness (QED) is 0.224. The third-order valence-electron chi connectivity index (χ3n) is 10.2. The summed E-state index contributed by atoms with van der Waals surface area (Å²) >= 11 is 0. The van der Waals surface area contributed by atoms with E-state index in [9.17, 15) is 8.42 Å². The van der Waals surface area contributed by atoms with E-state index in [4.69, 9.17) is 15.6 Å². The predicted molar refractivity (Wildman–Crippen MR) is 162 cm³/mol. The van der Waals surface area contributed by atoms with Crippen LogP contribution in [0.1, 0.15) is 101 Å². The van der Waals surface area contributed by atoms with Crippen LogP contribution < -0.4 is 0 Å². The zero-order chi connectivity index (χ0) is 29.9. The molecule has 0 aliphatic carbocycles. The number of sulfone groups is 1. The highest BCUT2D eigenvalue weighted by Crippen LogP contribution is 2.45. The first-order valence-electron chi connectivity index (χ1n) is 16.3. The van der Waals surface area contributed by atoms with Crippen LogP contribution in [0.15, 0.2) is 47.4 Å². The summed E-state index contributed by atoms with van der Waals surface area (Å²) in [5.74, 6) is 0.636. The second-order valence-electron chi connectivity index (χ2n) is 13.1. The lowest BCUT2D eigenvalue weighted by Gasteiger charge is -2.42. The summed E-state index contributed by atoms with van der Waals surface area (Å²) in [7, 11) is -3.47. The van der Waals surface area contributed by atoms with Crippen LogP contribution >= 0.6 is 0 Å². The molecule has 5 nitrogen and oxygen atoms in total. The Morgan fingerprint density at radius 1 is 1.10 bits per heavy atom. The van der Waals surface area contributed by atoms with Gasteiger partial charge in [-0.1, -0.05) is 71.4 Å². The summed E-state index contributed by atoms with van der Waals surface area (Å²) in [6.07, 6.45) is 6.98. The Hall–Kier alpha value is -1.21. The zero-order valence-corrected chi connectivity index (χ0v) is 26.5. The third kappa shape index (κ3) is 7.22. The van der Waals surface area contributed by atoms with Gasteiger partial charge in [-0.2, -0.15) is 0 Å². The number of hydrogen-bond acceptors (Lipinski definition) is 5. The molecule has 0 bridgehead atoms. The summed E-state index contributed by atoms with van der Waals surface area (Å²) in [6, 6.07) is 8.73. The molecule has 0 aromatic heterocycles. The first-order chi connectivity index (χ1) is 19.4. The molecule has 3 fully saturated rings. The Balaban J connectivity index is 1.42. The monoisotopic (exact) mass is 576 g/mol. The van der Waals surface area contributed by atoms with E-state index < -0.39 is 16.2 Å². The molecule has 11 atom stereocenters. The highest BCUT2D eigenvalue weighted by molar-refractivity contribution is 7.91. The first-order valence-corrected chi connectivity index (χ1v) is 17.4. The molecule has 226 valence electrons. The standard InChI is InChI=1S/C34H54O5S/c1-8-23(3)19-32-27(7)30(22-40(35,36)29-13-11-10-12-14-29)31(38-32)17-15-24(4)25(5)20-28-16-18-33-34(9-2,39-28)21-26(6)37-33/h10-14,23,25-28,30-33H,4,8-9,15-22H2,1-3,5-7H3/t23?,25-,26+,27-,28?,30-,31+,32-,33+,34+/m1/s1/i15T/t15?,23?,25-,26+,27-,28?,30-,31+,32-,33+,34+. The van der Waals surface area contributed by atoms with E-state index in [1.54, 1.807) is 24.3 Å². The first kappa shape index (κ1) is 30.3. The van der Waals surface area contributed by atoms with Gasteiger partial charge in [0.1, 0.15) is 0 Å². The van der Waals surface area contributed by atoms with Gasteiger partial charge in [-0.05, 0) is 81.7 Å². The van der Waals surface area contributed by atoms with Gasteiger partial charge in [0, 0.05) is 13.7 Å². The molecule has 0 N–H and O–H groups in total. The van der Waals surface area contributed by atoms with E-state index in [1.165, 1.54) is 0 Å². The van der Waals surface area contributed by atoms with Gasteiger partial charge < -0.3 is 14.2 Å². The van der Waals surface area contributed by atoms with Crippen LogP contribution in [0.2, 0.25) is 0 Å². The van der Waals surface area contributed by atoms with Crippen LogP contribution in [0.5, 0.6) is 0 Å². The molecule has 3 unspecified atom stereocenters. The van der Waals surface area contributed by atoms with Gasteiger partial charge in [-0.3, -0.25) is 0 Å². The number of allylic oxidation sites excluding steroid dienone is 1. The fourth-order valence-corrected chi connectivity index (χ4v) is 9.04. The smallest absolute Gasteiger partial charge is 0.178 e. The van der Waals surface area contributed by atoms with Gasteiger partial charge in [-0.15, -0.1) is 0 Å². The number of benzene rings is 1. The Labute approximate surface area is 245 Å². The van der Waals surface area contributed by atoms with Crippen molar-refractivity contribution >= 4 is 9.84 Å². The Morgan fingerprint density at radius 3 is 2.50 bits per heavy atom. The van der Waals surface area contributed by atoms with Crippen molar-refractivity contribution in [3.8, 4) is 0 Å². The van der Waals surface area contributed by atoms with E-state index in [1.807, 2.05) is 6.07 Å². The lowest BCUT2D eigenvalue weighted by Crippen LogP contribution is -2.48. The lowest BCUT2D eigenvalue weighted by atomic mass is 9.81. The van der Waals surface area contributed by atoms with Crippen molar-refractivity contribution in [1.29, 1.82) is 0 Å². The van der Waals surface area contributed by atoms with Crippen molar-refractivity contribution in [1.82, 2.24) is 0 Å². The molecule has 40 heavy (non-hydrogen) atoms. The van der Waals surface area contributed by atoms with Gasteiger partial charge in [0.15, 0.2) is 9.84 Å². The van der Waals surface area contributed by atoms with Crippen molar-refractivity contribution in [2.45, 2.75) is 140 Å². The van der Waals surface area contributed by atoms with Crippen LogP contribution in [0, 0.1) is 23.7 Å². The van der Waals surface area contributed by atoms with Crippen LogP contribution in [-0.2, 0) is 24.0 Å². The normalized spacial score (nSPS) is 37.0. The minimum Gasteiger partial charge on any atom is -0.374 e. The van der Waals surface area contributed by atoms with E-state index in [0.717, 1.165) is 50.5 Å². The maximum Gasteiger partial charge on any atom is 0.178 e. The predicted octanol–water partition coefficient (Wildman–Crippen LogP) is 7.78. The Kier molecular flexibility index (Phi) is 10.1. The minimum atomic E-state index is -3.47. The van der Waals surface area contributed by atoms with Crippen LogP contribution in [0.4, 0.5) is 0 Å². The highest BCUT2D eigenvalue weighted by atomic mass is 32.2. The van der Waals surface area contributed by atoms with Crippen molar-refractivity contribution in [3.63, 3.8) is 0 Å². The summed E-state index contributed by atoms with van der Waals surface area (Å²) in [5, 5.41) is 0. The number of rotatable bonds is 13. The van der Waals surface area contributed by atoms with Gasteiger partial charge >= 0.3 is 0 Å². The summed E-state index contributed by atoms with van der Waals surface area (Å²) in [5.41, 5.74) is 0.711. The molecule has 0 spiro atoms. The molecule has 3 heterocycles. The number of fused-ring (bicyclic) bond motifs is 1. The molecular weight excluding hydrogens is 520 g/mol. The largest absolute Gasteiger partial charge is 0.374 e. The van der Waals surface area contributed by atoms with Gasteiger partial charge in [0.25, 0.3) is 0 Å². The fraction of sp³-hybridized carbons (Fsp3) is 0.765. The van der Waals surface area contributed by atoms with Gasteiger partial charge in [0.05, 0.1) is 46.8 Å². The molecule has 4 rings (SSSR count). The topological polar surface area (TPSA) is 61.8 Å². The summed E-state index contributed by atoms with van der Waals surface area (Å²) in [6.45, 7) is 17.4. The Bertz CT molecular complexity index is 1110. The molecular formula is C34H54O5S. The molecule has 0 radical (unpaired) electrons. The second kappa shape index (κ2) is 13.4. The third-order valence-corrected chi connectivity index (χ3v) is 12.0. The van der Waals surface area contributed by atoms with Crippen LogP contribution in [-0.4, -0.2) is 50.3 Å². The van der Waals surface area contributed by atoms with Crippen molar-refractivity contribution < 1.29 is 24.0 Å². The summed E-state index contributed by atoms with van der Waals surface area (Å²) in [4.78, 5) is 0.360. The number of ether oxygens (including phenoxy) is 3. The minimum absolute atomic E-state index is 0.00801. The van der Waals surface area contributed by atoms with Crippen molar-refractivity contribution in [3.05, 3.63) is 42.5 Å². The maximum absolute atomic E-state index is 13.4. The molecule has 6 heteroatoms. The molecule has 1 aromatic rings. The maximum atomic E-state index is 13.4. The Morgan fingerprint density at radius 2 is 1.82 bits per heavy atom. The SMILES string of the molecule is [3H]C(C[C@@H]1O[C@H](CC(C)CC)[C@H](C)[C@H]1CS(=O)(=O)c1ccccc1)C(=C)[C@H](C)CC1CC[C@@H]2O[C@@H](C)C[C@]2(CC)O1. The second-order valence-corrected chi connectivity index (χ2v) is 15.1. The van der Waals surface area contributed by atoms with Gasteiger partial charge in [0.2, 0.25) is 0 Å². The molecule has 3 saturated heterocycles. The highest BCUT2D eigenvalue weighted by Gasteiger charge is 2.51. The zero-order valence-electron chi connectivity index (χ0n) is 26.7. The molecule has 3 aliphatic heterocycles. The van der Waals surface area contributed by atoms with Crippen LogP contribution in [0.3, 0.4) is 0 Å². The lowest BCUT2D eigenvalue weighted by molar-refractivity contribution is -0.170. The van der Waals surface area contributed by atoms with E-state index in [0.29, 0.717) is 17.2 Å². The van der Waals surface area contributed by atoms with Crippen molar-refractivity contribution in [2.24, 2.45) is 23.7 Å². The van der Waals surface area contributed by atoms with Crippen LogP contribution in [0.25, 0.3) is 0 Å². The fourth-order valence-electron chi connectivity index (χ4n) is 7.25. The van der Waals surface area contributed by atoms with E-state index >= 15 is 0 Å². The van der Waals surface area contributed by atoms with Crippen molar-refractivity contribution in [2.75, 3.05) is 5.75 Å². The molecule has 1 aromatic carbocycles. The number of hydrogen-bond donors (Lipinski definition) is 0. The average Bonchev–Trinajstić information content (AvgIpc) is 3.43. The molecule has 0 saturated carbocycles. The molecule has 0 amide bonds. The summed E-state index contributed by atoms with van der Waals surface area (Å²) < 4.78 is 55.5. The van der Waals surface area contributed by atoms with E-state index in [2.05, 4.69) is 48.1 Å². The van der Waals surface area contributed by atoms with E-state index in [-0.39, 0.29) is 59.6 Å². The molecule has 3 aliphatic rings. The average molecular weight is 577 g/mol.